The smallest absolute Gasteiger partial charge is 0.238 e. The van der Waals surface area contributed by atoms with Gasteiger partial charge in [0, 0.05) is 38.1 Å². The molecular weight excluding hydrogens is 629 g/mol. The minimum Gasteiger partial charge on any atom is -0.456 e. The molecule has 4 aromatic heterocycles. The summed E-state index contributed by atoms with van der Waals surface area (Å²) < 4.78 is 111. The van der Waals surface area contributed by atoms with Crippen molar-refractivity contribution in [2.75, 3.05) is 0 Å². The lowest BCUT2D eigenvalue weighted by Crippen LogP contribution is -2.06. The zero-order valence-corrected chi connectivity index (χ0v) is 26.3. The lowest BCUT2D eigenvalue weighted by Gasteiger charge is -2.11. The maximum atomic E-state index is 9.61. The molecule has 4 heterocycles. The molecular formula is C45H26N4O2. The second-order valence-electron chi connectivity index (χ2n) is 11.9. The molecule has 7 aromatic carbocycles. The van der Waals surface area contributed by atoms with Crippen LogP contribution in [0.5, 0.6) is 0 Å². The Labute approximate surface area is 306 Å². The molecule has 0 aliphatic rings. The molecule has 0 aliphatic heterocycles. The van der Waals surface area contributed by atoms with Crippen molar-refractivity contribution < 1.29 is 23.9 Å². The van der Waals surface area contributed by atoms with Gasteiger partial charge in [0.25, 0.3) is 0 Å². The van der Waals surface area contributed by atoms with Crippen molar-refractivity contribution in [3.63, 3.8) is 0 Å². The maximum Gasteiger partial charge on any atom is 0.238 e. The Balaban J connectivity index is 1.26. The molecule has 238 valence electrons. The summed E-state index contributed by atoms with van der Waals surface area (Å²) in [5.41, 5.74) is 1.75. The van der Waals surface area contributed by atoms with Crippen LogP contribution in [-0.2, 0) is 0 Å². The number of aromatic nitrogens is 4. The van der Waals surface area contributed by atoms with Gasteiger partial charge < -0.3 is 8.83 Å². The third-order valence-corrected chi connectivity index (χ3v) is 9.08. The van der Waals surface area contributed by atoms with Gasteiger partial charge >= 0.3 is 0 Å². The van der Waals surface area contributed by atoms with Gasteiger partial charge in [-0.05, 0) is 53.5 Å². The molecule has 51 heavy (non-hydrogen) atoms. The van der Waals surface area contributed by atoms with Crippen molar-refractivity contribution in [3.8, 4) is 39.9 Å². The molecule has 0 bridgehead atoms. The van der Waals surface area contributed by atoms with Gasteiger partial charge in [0.1, 0.15) is 22.3 Å². The largest absolute Gasteiger partial charge is 0.456 e. The molecule has 6 nitrogen and oxygen atoms in total. The van der Waals surface area contributed by atoms with Crippen LogP contribution < -0.4 is 0 Å². The fourth-order valence-electron chi connectivity index (χ4n) is 6.89. The minimum atomic E-state index is -0.691. The van der Waals surface area contributed by atoms with E-state index in [1.807, 2.05) is 95.6 Å². The first kappa shape index (κ1) is 19.2. The summed E-state index contributed by atoms with van der Waals surface area (Å²) in [6.45, 7) is 0. The van der Waals surface area contributed by atoms with Crippen LogP contribution in [0.25, 0.3) is 106 Å². The lowest BCUT2D eigenvalue weighted by atomic mass is 9.99. The van der Waals surface area contributed by atoms with Gasteiger partial charge in [-0.25, -0.2) is 4.98 Å². The normalized spacial score (nSPS) is 14.9. The van der Waals surface area contributed by atoms with E-state index >= 15 is 0 Å². The molecule has 0 N–H and O–H groups in total. The monoisotopic (exact) mass is 665 g/mol. The molecule has 0 saturated heterocycles. The Kier molecular flexibility index (Phi) is 4.04. The lowest BCUT2D eigenvalue weighted by molar-refractivity contribution is 0.668. The summed E-state index contributed by atoms with van der Waals surface area (Å²) in [4.78, 5) is 14.8. The summed E-state index contributed by atoms with van der Waals surface area (Å²) in [5.74, 6) is 0.196. The fourth-order valence-corrected chi connectivity index (χ4v) is 6.89. The highest BCUT2D eigenvalue weighted by atomic mass is 16.3. The van der Waals surface area contributed by atoms with E-state index in [1.54, 1.807) is 0 Å². The van der Waals surface area contributed by atoms with Crippen molar-refractivity contribution in [2.45, 2.75) is 0 Å². The Morgan fingerprint density at radius 2 is 1.24 bits per heavy atom. The van der Waals surface area contributed by atoms with Crippen molar-refractivity contribution in [2.24, 2.45) is 0 Å². The van der Waals surface area contributed by atoms with Crippen LogP contribution in [0.2, 0.25) is 0 Å². The molecule has 6 heteroatoms. The number of rotatable bonds is 4. The molecule has 0 radical (unpaired) electrons. The molecule has 0 unspecified atom stereocenters. The van der Waals surface area contributed by atoms with Gasteiger partial charge in [0.2, 0.25) is 5.95 Å². The van der Waals surface area contributed by atoms with Crippen molar-refractivity contribution in [1.82, 2.24) is 19.5 Å². The first-order valence-electron chi connectivity index (χ1n) is 21.6. The van der Waals surface area contributed by atoms with E-state index in [-0.39, 0.29) is 50.7 Å². The molecule has 11 rings (SSSR count). The Hall–Kier alpha value is -7.05. The average Bonchev–Trinajstić information content (AvgIpc) is 3.98. The zero-order chi connectivity index (χ0) is 43.0. The number of nitrogens with zero attached hydrogens (tertiary/aromatic N) is 4. The predicted molar refractivity (Wildman–Crippen MR) is 205 cm³/mol. The Morgan fingerprint density at radius 1 is 0.471 bits per heavy atom. The van der Waals surface area contributed by atoms with E-state index in [9.17, 15) is 4.11 Å². The van der Waals surface area contributed by atoms with Crippen molar-refractivity contribution >= 4 is 65.7 Å². The van der Waals surface area contributed by atoms with E-state index in [1.165, 1.54) is 0 Å². The van der Waals surface area contributed by atoms with E-state index in [0.29, 0.717) is 16.7 Å². The Morgan fingerprint density at radius 3 is 2.12 bits per heavy atom. The molecule has 0 atom stereocenters. The van der Waals surface area contributed by atoms with Crippen molar-refractivity contribution in [1.29, 1.82) is 0 Å². The number of fused-ring (bicyclic) bond motifs is 10. The van der Waals surface area contributed by atoms with Crippen molar-refractivity contribution in [3.05, 3.63) is 157 Å². The second kappa shape index (κ2) is 10.7. The summed E-state index contributed by atoms with van der Waals surface area (Å²) in [6.07, 6.45) is 0. The quantitative estimate of drug-likeness (QED) is 0.187. The third kappa shape index (κ3) is 4.20. The van der Waals surface area contributed by atoms with E-state index in [0.717, 1.165) is 32.6 Å². The van der Waals surface area contributed by atoms with Crippen LogP contribution in [-0.4, -0.2) is 19.5 Å². The fraction of sp³-hybridized carbons (Fsp3) is 0. The van der Waals surface area contributed by atoms with E-state index in [4.69, 9.17) is 34.8 Å². The first-order valence-corrected chi connectivity index (χ1v) is 16.1. The van der Waals surface area contributed by atoms with E-state index in [2.05, 4.69) is 0 Å². The van der Waals surface area contributed by atoms with Gasteiger partial charge in [-0.1, -0.05) is 115 Å². The van der Waals surface area contributed by atoms with Gasteiger partial charge in [-0.2, -0.15) is 9.97 Å². The number of para-hydroxylation sites is 2. The van der Waals surface area contributed by atoms with Gasteiger partial charge in [0.15, 0.2) is 11.6 Å². The number of furan rings is 2. The van der Waals surface area contributed by atoms with Gasteiger partial charge in [-0.3, -0.25) is 4.57 Å². The van der Waals surface area contributed by atoms with Crippen LogP contribution in [0.1, 0.15) is 15.1 Å². The van der Waals surface area contributed by atoms with Crippen LogP contribution in [0, 0.1) is 0 Å². The zero-order valence-electron chi connectivity index (χ0n) is 37.3. The van der Waals surface area contributed by atoms with Crippen LogP contribution in [0.4, 0.5) is 0 Å². The van der Waals surface area contributed by atoms with Crippen LogP contribution in [0.15, 0.2) is 166 Å². The van der Waals surface area contributed by atoms with Gasteiger partial charge in [-0.15, -0.1) is 0 Å². The highest BCUT2D eigenvalue weighted by Gasteiger charge is 2.22. The maximum absolute atomic E-state index is 9.61. The summed E-state index contributed by atoms with van der Waals surface area (Å²) in [7, 11) is 0. The Bertz CT molecular complexity index is 3760. The second-order valence-corrected chi connectivity index (χ2v) is 11.9. The molecule has 0 saturated carbocycles. The molecule has 0 spiro atoms. The highest BCUT2D eigenvalue weighted by molar-refractivity contribution is 6.24. The summed E-state index contributed by atoms with van der Waals surface area (Å²) in [5, 5.41) is 3.07. The predicted octanol–water partition coefficient (Wildman–Crippen LogP) is 11.8. The molecule has 0 aliphatic carbocycles. The third-order valence-electron chi connectivity index (χ3n) is 9.08. The average molecular weight is 666 g/mol. The molecule has 11 aromatic rings. The number of hydrogen-bond donors (Lipinski definition) is 0. The molecule has 0 fully saturated rings. The first-order chi connectivity index (χ1) is 29.9. The summed E-state index contributed by atoms with van der Waals surface area (Å²) in [6, 6.07) is 21.7. The number of benzene rings is 7. The standard InChI is InChI=1S/C45H26N4O2/c1-3-12-27(13-4-1)30-18-11-21-37-40(30)34-23-22-29(26-39(34)51-37)44-46-43(28-14-5-2-6-15-28)47-45(48-44)49-35-19-9-7-16-31(35)32-24-25-38-41(42(32)49)33-17-8-10-20-36(33)50-38/h1-26H/i1D,3D,4D,11D,12D,13D,18D,21D,22D,23D,26D. The van der Waals surface area contributed by atoms with Gasteiger partial charge in [0.05, 0.1) is 31.5 Å². The van der Waals surface area contributed by atoms with Crippen LogP contribution >= 0.6 is 0 Å². The minimum absolute atomic E-state index is 0.141. The van der Waals surface area contributed by atoms with Crippen LogP contribution in [0.3, 0.4) is 0 Å². The highest BCUT2D eigenvalue weighted by Crippen LogP contribution is 2.41. The molecule has 0 amide bonds. The number of hydrogen-bond acceptors (Lipinski definition) is 5. The SMILES string of the molecule is [2H]c1c([2H])c([2H])c(-c2c([2H])c([2H])c([2H])c3oc4c([2H])c(-c5nc(-c6ccccc6)nc(-n6c7ccccc7c7ccc8oc9ccccc9c8c76)n5)c([2H])c([2H])c4c23)c([2H])c1[2H]. The van der Waals surface area contributed by atoms with E-state index < -0.39 is 72.0 Å². The summed E-state index contributed by atoms with van der Waals surface area (Å²) >= 11 is 0. The topological polar surface area (TPSA) is 69.9 Å².